The van der Waals surface area contributed by atoms with Crippen molar-refractivity contribution in [2.24, 2.45) is 0 Å². The second-order valence-corrected chi connectivity index (χ2v) is 5.82. The molecule has 0 radical (unpaired) electrons. The van der Waals surface area contributed by atoms with Crippen molar-refractivity contribution >= 4 is 21.8 Å². The molecule has 0 aromatic carbocycles. The molecule has 104 valence electrons. The Balaban J connectivity index is 2.11. The molecule has 1 saturated heterocycles. The summed E-state index contributed by atoms with van der Waals surface area (Å²) in [4.78, 5) is 20.8. The van der Waals surface area contributed by atoms with Crippen molar-refractivity contribution in [1.29, 1.82) is 0 Å². The molecule has 1 fully saturated rings. The van der Waals surface area contributed by atoms with Crippen LogP contribution in [0.5, 0.6) is 0 Å². The monoisotopic (exact) mass is 327 g/mol. The summed E-state index contributed by atoms with van der Waals surface area (Å²) >= 11 is 3.33. The maximum absolute atomic E-state index is 12.2. The Morgan fingerprint density at radius 3 is 3.00 bits per heavy atom. The van der Waals surface area contributed by atoms with E-state index in [0.29, 0.717) is 22.6 Å². The number of amides is 1. The average molecular weight is 328 g/mol. The molecule has 0 aliphatic carbocycles. The molecule has 1 N–H and O–H groups in total. The van der Waals surface area contributed by atoms with E-state index in [0.717, 1.165) is 19.4 Å². The van der Waals surface area contributed by atoms with Gasteiger partial charge in [0.15, 0.2) is 0 Å². The van der Waals surface area contributed by atoms with Crippen LogP contribution >= 0.6 is 15.9 Å². The maximum atomic E-state index is 12.2. The minimum Gasteiger partial charge on any atom is -0.379 e. The van der Waals surface area contributed by atoms with Gasteiger partial charge in [-0.05, 0) is 28.8 Å². The second kappa shape index (κ2) is 6.43. The van der Waals surface area contributed by atoms with E-state index in [1.807, 2.05) is 13.8 Å². The van der Waals surface area contributed by atoms with Gasteiger partial charge in [0.05, 0.1) is 17.1 Å². The van der Waals surface area contributed by atoms with Gasteiger partial charge in [-0.3, -0.25) is 4.79 Å². The Morgan fingerprint density at radius 1 is 1.58 bits per heavy atom. The minimum absolute atomic E-state index is 0.0746. The summed E-state index contributed by atoms with van der Waals surface area (Å²) in [6.45, 7) is 5.35. The number of carbonyl (C=O) groups excluding carboxylic acids is 1. The van der Waals surface area contributed by atoms with Gasteiger partial charge in [0.1, 0.15) is 11.5 Å². The van der Waals surface area contributed by atoms with Gasteiger partial charge in [-0.2, -0.15) is 0 Å². The first-order valence-electron chi connectivity index (χ1n) is 6.49. The molecule has 0 unspecified atom stereocenters. The smallest absolute Gasteiger partial charge is 0.271 e. The maximum Gasteiger partial charge on any atom is 0.271 e. The second-order valence-electron chi connectivity index (χ2n) is 4.97. The highest BCUT2D eigenvalue weighted by Gasteiger charge is 2.20. The van der Waals surface area contributed by atoms with E-state index in [-0.39, 0.29) is 17.9 Å². The van der Waals surface area contributed by atoms with Crippen molar-refractivity contribution < 1.29 is 9.53 Å². The van der Waals surface area contributed by atoms with Gasteiger partial charge in [-0.1, -0.05) is 13.8 Å². The standard InChI is InChI=1S/C13H18BrN3O2/c1-8(2)12-15-6-10(14)11(17-12)13(18)16-9-4-3-5-19-7-9/h6,8-9H,3-5,7H2,1-2H3,(H,16,18)/t9-/m0/s1. The third kappa shape index (κ3) is 3.73. The zero-order chi connectivity index (χ0) is 13.8. The molecular weight excluding hydrogens is 310 g/mol. The minimum atomic E-state index is -0.174. The number of halogens is 1. The molecule has 0 saturated carbocycles. The first-order valence-corrected chi connectivity index (χ1v) is 7.28. The summed E-state index contributed by atoms with van der Waals surface area (Å²) in [6, 6.07) is 0.0746. The molecule has 19 heavy (non-hydrogen) atoms. The topological polar surface area (TPSA) is 64.1 Å². The number of nitrogens with zero attached hydrogens (tertiary/aromatic N) is 2. The highest BCUT2D eigenvalue weighted by Crippen LogP contribution is 2.17. The lowest BCUT2D eigenvalue weighted by molar-refractivity contribution is 0.0621. The van der Waals surface area contributed by atoms with E-state index < -0.39 is 0 Å². The van der Waals surface area contributed by atoms with Gasteiger partial charge in [-0.15, -0.1) is 0 Å². The van der Waals surface area contributed by atoms with E-state index in [1.54, 1.807) is 6.20 Å². The van der Waals surface area contributed by atoms with E-state index in [4.69, 9.17) is 4.74 Å². The van der Waals surface area contributed by atoms with Crippen molar-refractivity contribution in [3.8, 4) is 0 Å². The zero-order valence-electron chi connectivity index (χ0n) is 11.1. The molecule has 5 nitrogen and oxygen atoms in total. The molecule has 1 amide bonds. The van der Waals surface area contributed by atoms with Crippen LogP contribution in [0.3, 0.4) is 0 Å². The fourth-order valence-corrected chi connectivity index (χ4v) is 2.30. The van der Waals surface area contributed by atoms with Crippen LogP contribution in [-0.2, 0) is 4.74 Å². The summed E-state index contributed by atoms with van der Waals surface area (Å²) < 4.78 is 5.97. The van der Waals surface area contributed by atoms with Crippen molar-refractivity contribution in [3.63, 3.8) is 0 Å². The summed E-state index contributed by atoms with van der Waals surface area (Å²) in [5.41, 5.74) is 0.393. The van der Waals surface area contributed by atoms with Crippen molar-refractivity contribution in [3.05, 3.63) is 22.2 Å². The average Bonchev–Trinajstić information content (AvgIpc) is 2.40. The lowest BCUT2D eigenvalue weighted by Gasteiger charge is -2.23. The zero-order valence-corrected chi connectivity index (χ0v) is 12.7. The Bertz CT molecular complexity index is 459. The quantitative estimate of drug-likeness (QED) is 0.924. The summed E-state index contributed by atoms with van der Waals surface area (Å²) in [5, 5.41) is 2.96. The number of hydrogen-bond donors (Lipinski definition) is 1. The summed E-state index contributed by atoms with van der Waals surface area (Å²) in [6.07, 6.45) is 3.56. The molecule has 1 aromatic rings. The first kappa shape index (κ1) is 14.4. The van der Waals surface area contributed by atoms with Crippen LogP contribution in [0.1, 0.15) is 48.9 Å². The highest BCUT2D eigenvalue weighted by molar-refractivity contribution is 9.10. The van der Waals surface area contributed by atoms with Crippen molar-refractivity contribution in [2.75, 3.05) is 13.2 Å². The number of carbonyl (C=O) groups is 1. The largest absolute Gasteiger partial charge is 0.379 e. The molecule has 0 bridgehead atoms. The first-order chi connectivity index (χ1) is 9.08. The van der Waals surface area contributed by atoms with Gasteiger partial charge in [0, 0.05) is 18.7 Å². The predicted molar refractivity (Wildman–Crippen MR) is 75.1 cm³/mol. The van der Waals surface area contributed by atoms with Gasteiger partial charge >= 0.3 is 0 Å². The molecule has 2 heterocycles. The van der Waals surface area contributed by atoms with Crippen LogP contribution < -0.4 is 5.32 Å². The lowest BCUT2D eigenvalue weighted by atomic mass is 10.1. The van der Waals surface area contributed by atoms with E-state index in [1.165, 1.54) is 0 Å². The fraction of sp³-hybridized carbons (Fsp3) is 0.615. The van der Waals surface area contributed by atoms with Crippen LogP contribution in [0.2, 0.25) is 0 Å². The lowest BCUT2D eigenvalue weighted by Crippen LogP contribution is -2.41. The van der Waals surface area contributed by atoms with Crippen LogP contribution in [0.4, 0.5) is 0 Å². The van der Waals surface area contributed by atoms with Crippen molar-refractivity contribution in [2.45, 2.75) is 38.6 Å². The predicted octanol–water partition coefficient (Wildman–Crippen LogP) is 2.27. The molecular formula is C13H18BrN3O2. The molecule has 1 aliphatic heterocycles. The third-order valence-electron chi connectivity index (χ3n) is 2.99. The SMILES string of the molecule is CC(C)c1ncc(Br)c(C(=O)N[C@H]2CCCOC2)n1. The molecule has 1 aromatic heterocycles. The van der Waals surface area contributed by atoms with Crippen LogP contribution in [0, 0.1) is 0 Å². The number of rotatable bonds is 3. The Labute approximate surface area is 121 Å². The number of ether oxygens (including phenoxy) is 1. The molecule has 1 aliphatic rings. The summed E-state index contributed by atoms with van der Waals surface area (Å²) in [7, 11) is 0. The number of hydrogen-bond acceptors (Lipinski definition) is 4. The summed E-state index contributed by atoms with van der Waals surface area (Å²) in [5.74, 6) is 0.692. The van der Waals surface area contributed by atoms with E-state index >= 15 is 0 Å². The van der Waals surface area contributed by atoms with Gasteiger partial charge < -0.3 is 10.1 Å². The Hall–Kier alpha value is -1.01. The Kier molecular flexibility index (Phi) is 4.87. The molecule has 0 spiro atoms. The van der Waals surface area contributed by atoms with Crippen LogP contribution in [0.15, 0.2) is 10.7 Å². The van der Waals surface area contributed by atoms with Crippen molar-refractivity contribution in [1.82, 2.24) is 15.3 Å². The van der Waals surface area contributed by atoms with E-state index in [9.17, 15) is 4.79 Å². The van der Waals surface area contributed by atoms with Crippen LogP contribution in [-0.4, -0.2) is 35.1 Å². The fourth-order valence-electron chi connectivity index (χ4n) is 1.93. The number of aromatic nitrogens is 2. The van der Waals surface area contributed by atoms with Gasteiger partial charge in [-0.25, -0.2) is 9.97 Å². The van der Waals surface area contributed by atoms with Gasteiger partial charge in [0.2, 0.25) is 0 Å². The number of nitrogens with one attached hydrogen (secondary N) is 1. The van der Waals surface area contributed by atoms with E-state index in [2.05, 4.69) is 31.2 Å². The molecule has 2 rings (SSSR count). The van der Waals surface area contributed by atoms with Gasteiger partial charge in [0.25, 0.3) is 5.91 Å². The Morgan fingerprint density at radius 2 is 2.37 bits per heavy atom. The third-order valence-corrected chi connectivity index (χ3v) is 3.57. The highest BCUT2D eigenvalue weighted by atomic mass is 79.9. The molecule has 6 heteroatoms. The molecule has 1 atom stereocenters. The van der Waals surface area contributed by atoms with Crippen LogP contribution in [0.25, 0.3) is 0 Å². The normalized spacial score (nSPS) is 19.5.